The number of hydrogen-bond acceptors (Lipinski definition) is 6. The number of nitrogens with one attached hydrogen (secondary N) is 3. The lowest BCUT2D eigenvalue weighted by Gasteiger charge is -2.09. The summed E-state index contributed by atoms with van der Waals surface area (Å²) in [6, 6.07) is 0.598. The molecule has 0 spiro atoms. The number of aromatic nitrogens is 4. The molecule has 2 heterocycles. The van der Waals surface area contributed by atoms with Crippen molar-refractivity contribution in [1.82, 2.24) is 25.7 Å². The van der Waals surface area contributed by atoms with E-state index in [4.69, 9.17) is 4.52 Å². The Morgan fingerprint density at radius 3 is 2.68 bits per heavy atom. The van der Waals surface area contributed by atoms with Gasteiger partial charge in [-0.25, -0.2) is 0 Å². The fourth-order valence-corrected chi connectivity index (χ4v) is 1.77. The number of amides is 1. The number of carbonyl (C=O) groups is 1. The highest BCUT2D eigenvalue weighted by Gasteiger charge is 2.18. The van der Waals surface area contributed by atoms with E-state index in [1.54, 1.807) is 6.92 Å². The Hall–Kier alpha value is -2.71. The molecule has 0 fully saturated rings. The van der Waals surface area contributed by atoms with E-state index in [1.807, 2.05) is 13.8 Å². The van der Waals surface area contributed by atoms with Gasteiger partial charge in [-0.1, -0.05) is 19.0 Å². The van der Waals surface area contributed by atoms with Crippen molar-refractivity contribution >= 4 is 5.91 Å². The molecule has 2 aromatic rings. The Labute approximate surface area is 125 Å². The minimum absolute atomic E-state index is 0.0850. The van der Waals surface area contributed by atoms with Gasteiger partial charge in [0.1, 0.15) is 6.04 Å². The van der Waals surface area contributed by atoms with Crippen molar-refractivity contribution in [3.05, 3.63) is 44.1 Å². The summed E-state index contributed by atoms with van der Waals surface area (Å²) in [6.45, 7) is 5.55. The van der Waals surface area contributed by atoms with Crippen molar-refractivity contribution in [3.8, 4) is 0 Å². The van der Waals surface area contributed by atoms with Crippen LogP contribution in [0.2, 0.25) is 0 Å². The van der Waals surface area contributed by atoms with Gasteiger partial charge in [0.25, 0.3) is 11.1 Å². The van der Waals surface area contributed by atoms with E-state index in [9.17, 15) is 14.4 Å². The molecule has 0 aliphatic rings. The maximum Gasteiger partial charge on any atom is 0.266 e. The lowest BCUT2D eigenvalue weighted by molar-refractivity contribution is -0.121. The molecule has 3 N–H and O–H groups in total. The van der Waals surface area contributed by atoms with Crippen LogP contribution in [0.15, 0.2) is 20.2 Å². The van der Waals surface area contributed by atoms with Gasteiger partial charge in [-0.3, -0.25) is 24.6 Å². The molecule has 118 valence electrons. The Balaban J connectivity index is 2.03. The first-order valence-corrected chi connectivity index (χ1v) is 6.80. The van der Waals surface area contributed by atoms with Crippen LogP contribution in [0.5, 0.6) is 0 Å². The third-order valence-corrected chi connectivity index (χ3v) is 2.97. The van der Waals surface area contributed by atoms with Gasteiger partial charge in [0, 0.05) is 17.5 Å². The van der Waals surface area contributed by atoms with Crippen molar-refractivity contribution in [3.63, 3.8) is 0 Å². The summed E-state index contributed by atoms with van der Waals surface area (Å²) in [5.74, 6) is 0.543. The first kappa shape index (κ1) is 15.7. The summed E-state index contributed by atoms with van der Waals surface area (Å²) in [5.41, 5.74) is -0.905. The molecule has 9 heteroatoms. The monoisotopic (exact) mass is 307 g/mol. The van der Waals surface area contributed by atoms with Crippen LogP contribution in [0.25, 0.3) is 0 Å². The molecule has 0 bridgehead atoms. The number of H-pyrrole nitrogens is 2. The Kier molecular flexibility index (Phi) is 4.54. The van der Waals surface area contributed by atoms with Gasteiger partial charge in [0.05, 0.1) is 6.42 Å². The zero-order valence-corrected chi connectivity index (χ0v) is 12.5. The maximum absolute atomic E-state index is 11.9. The molecule has 0 saturated heterocycles. The van der Waals surface area contributed by atoms with Crippen LogP contribution >= 0.6 is 0 Å². The van der Waals surface area contributed by atoms with Gasteiger partial charge in [-0.2, -0.15) is 4.98 Å². The Bertz CT molecular complexity index is 773. The number of rotatable bonds is 5. The van der Waals surface area contributed by atoms with E-state index in [0.717, 1.165) is 6.07 Å². The lowest BCUT2D eigenvalue weighted by Crippen LogP contribution is -2.31. The SMILES string of the molecule is CC(C)c1noc(C(C)NC(=O)Cc2cc(=O)[nH][nH]c2=O)n1. The van der Waals surface area contributed by atoms with Gasteiger partial charge in [-0.15, -0.1) is 0 Å². The summed E-state index contributed by atoms with van der Waals surface area (Å²) in [7, 11) is 0. The van der Waals surface area contributed by atoms with Crippen molar-refractivity contribution in [1.29, 1.82) is 0 Å². The lowest BCUT2D eigenvalue weighted by atomic mass is 10.2. The summed E-state index contributed by atoms with van der Waals surface area (Å²) in [4.78, 5) is 38.8. The molecule has 0 saturated carbocycles. The third-order valence-electron chi connectivity index (χ3n) is 2.97. The van der Waals surface area contributed by atoms with Gasteiger partial charge < -0.3 is 9.84 Å². The van der Waals surface area contributed by atoms with E-state index < -0.39 is 23.1 Å². The van der Waals surface area contributed by atoms with Crippen LogP contribution < -0.4 is 16.4 Å². The summed E-state index contributed by atoms with van der Waals surface area (Å²) in [5, 5.41) is 10.8. The summed E-state index contributed by atoms with van der Waals surface area (Å²) < 4.78 is 5.08. The molecular weight excluding hydrogens is 290 g/mol. The number of hydrogen-bond donors (Lipinski definition) is 3. The summed E-state index contributed by atoms with van der Waals surface area (Å²) in [6.07, 6.45) is -0.214. The van der Waals surface area contributed by atoms with E-state index >= 15 is 0 Å². The molecule has 0 aliphatic carbocycles. The van der Waals surface area contributed by atoms with Crippen LogP contribution in [0, 0.1) is 0 Å². The minimum Gasteiger partial charge on any atom is -0.344 e. The van der Waals surface area contributed by atoms with E-state index in [-0.39, 0.29) is 23.8 Å². The van der Waals surface area contributed by atoms with Crippen LogP contribution in [0.4, 0.5) is 0 Å². The van der Waals surface area contributed by atoms with E-state index in [0.29, 0.717) is 5.82 Å². The van der Waals surface area contributed by atoms with Crippen LogP contribution in [-0.4, -0.2) is 26.2 Å². The highest BCUT2D eigenvalue weighted by atomic mass is 16.5. The number of aromatic amines is 2. The fraction of sp³-hybridized carbons (Fsp3) is 0.462. The number of nitrogens with zero attached hydrogens (tertiary/aromatic N) is 2. The smallest absolute Gasteiger partial charge is 0.266 e. The van der Waals surface area contributed by atoms with Crippen LogP contribution in [-0.2, 0) is 11.2 Å². The predicted molar refractivity (Wildman–Crippen MR) is 76.3 cm³/mol. The second-order valence-corrected chi connectivity index (χ2v) is 5.22. The highest BCUT2D eigenvalue weighted by molar-refractivity contribution is 5.78. The normalized spacial score (nSPS) is 12.4. The first-order valence-electron chi connectivity index (χ1n) is 6.80. The third kappa shape index (κ3) is 3.68. The molecule has 0 radical (unpaired) electrons. The molecule has 22 heavy (non-hydrogen) atoms. The largest absolute Gasteiger partial charge is 0.344 e. The molecule has 9 nitrogen and oxygen atoms in total. The van der Waals surface area contributed by atoms with Gasteiger partial charge >= 0.3 is 0 Å². The standard InChI is InChI=1S/C13H17N5O4/c1-6(2)11-15-13(22-18-11)7(3)14-9(19)4-8-5-10(20)16-17-12(8)21/h5-7H,4H2,1-3H3,(H,14,19)(H,16,20)(H,17,21). The molecular formula is C13H17N5O4. The van der Waals surface area contributed by atoms with E-state index in [2.05, 4.69) is 25.7 Å². The van der Waals surface area contributed by atoms with Gasteiger partial charge in [-0.05, 0) is 6.92 Å². The predicted octanol–water partition coefficient (Wildman–Crippen LogP) is -0.0105. The van der Waals surface area contributed by atoms with Crippen LogP contribution in [0.3, 0.4) is 0 Å². The second-order valence-electron chi connectivity index (χ2n) is 5.22. The average Bonchev–Trinajstić information content (AvgIpc) is 2.93. The van der Waals surface area contributed by atoms with Crippen LogP contribution in [0.1, 0.15) is 50.0 Å². The van der Waals surface area contributed by atoms with E-state index in [1.165, 1.54) is 0 Å². The molecule has 1 amide bonds. The topological polar surface area (TPSA) is 134 Å². The number of carbonyl (C=O) groups excluding carboxylic acids is 1. The maximum atomic E-state index is 11.9. The van der Waals surface area contributed by atoms with Crippen molar-refractivity contribution < 1.29 is 9.32 Å². The average molecular weight is 307 g/mol. The second kappa shape index (κ2) is 6.37. The molecule has 1 atom stereocenters. The molecule has 0 aliphatic heterocycles. The van der Waals surface area contributed by atoms with Crippen molar-refractivity contribution in [2.24, 2.45) is 0 Å². The molecule has 2 aromatic heterocycles. The first-order chi connectivity index (χ1) is 10.4. The van der Waals surface area contributed by atoms with Crippen molar-refractivity contribution in [2.45, 2.75) is 39.2 Å². The Morgan fingerprint density at radius 1 is 1.32 bits per heavy atom. The zero-order valence-electron chi connectivity index (χ0n) is 12.5. The highest BCUT2D eigenvalue weighted by Crippen LogP contribution is 2.14. The minimum atomic E-state index is -0.512. The van der Waals surface area contributed by atoms with Gasteiger partial charge in [0.15, 0.2) is 5.82 Å². The summed E-state index contributed by atoms with van der Waals surface area (Å²) >= 11 is 0. The quantitative estimate of drug-likeness (QED) is 0.711. The molecule has 2 rings (SSSR count). The van der Waals surface area contributed by atoms with Crippen molar-refractivity contribution in [2.75, 3.05) is 0 Å². The zero-order chi connectivity index (χ0) is 16.3. The fourth-order valence-electron chi connectivity index (χ4n) is 1.77. The molecule has 0 aromatic carbocycles. The Morgan fingerprint density at radius 2 is 2.05 bits per heavy atom. The molecule has 1 unspecified atom stereocenters. The van der Waals surface area contributed by atoms with Gasteiger partial charge in [0.2, 0.25) is 11.8 Å².